The number of carboxylic acid groups (broad SMARTS) is 1. The first-order chi connectivity index (χ1) is 7.61. The Balaban J connectivity index is 2.66. The number of carboxylic acids is 1. The number of imidazole rings is 1. The van der Waals surface area contributed by atoms with E-state index >= 15 is 0 Å². The molecule has 6 nitrogen and oxygen atoms in total. The van der Waals surface area contributed by atoms with Crippen molar-refractivity contribution in [3.05, 3.63) is 34.0 Å². The zero-order valence-electron chi connectivity index (χ0n) is 7.92. The van der Waals surface area contributed by atoms with Crippen molar-refractivity contribution in [2.45, 2.75) is 6.42 Å². The molecule has 1 N–H and O–H groups in total. The van der Waals surface area contributed by atoms with Crippen LogP contribution in [0.3, 0.4) is 0 Å². The largest absolute Gasteiger partial charge is 0.481 e. The van der Waals surface area contributed by atoms with Gasteiger partial charge in [-0.15, -0.1) is 4.91 Å². The Kier molecular flexibility index (Phi) is 2.57. The predicted molar refractivity (Wildman–Crippen MR) is 57.0 cm³/mol. The van der Waals surface area contributed by atoms with Crippen LogP contribution in [0.15, 0.2) is 23.5 Å². The fourth-order valence-electron chi connectivity index (χ4n) is 1.41. The summed E-state index contributed by atoms with van der Waals surface area (Å²) in [6, 6.07) is 3.19. The Hall–Kier alpha value is -1.95. The molecular formula is C9H6ClN3O3. The van der Waals surface area contributed by atoms with E-state index in [2.05, 4.69) is 10.2 Å². The lowest BCUT2D eigenvalue weighted by molar-refractivity contribution is -0.136. The average Bonchev–Trinajstić information content (AvgIpc) is 2.53. The Bertz CT molecular complexity index is 579. The van der Waals surface area contributed by atoms with E-state index in [0.29, 0.717) is 10.7 Å². The second-order valence-electron chi connectivity index (χ2n) is 3.12. The molecule has 82 valence electrons. The monoisotopic (exact) mass is 239 g/mol. The van der Waals surface area contributed by atoms with Crippen molar-refractivity contribution < 1.29 is 9.90 Å². The smallest absolute Gasteiger partial charge is 0.309 e. The molecule has 0 atom stereocenters. The molecule has 2 aromatic heterocycles. The van der Waals surface area contributed by atoms with Gasteiger partial charge in [0.05, 0.1) is 11.4 Å². The maximum Gasteiger partial charge on any atom is 0.309 e. The molecule has 2 rings (SSSR count). The molecule has 0 radical (unpaired) electrons. The highest BCUT2D eigenvalue weighted by atomic mass is 35.5. The van der Waals surface area contributed by atoms with Crippen LogP contribution >= 0.6 is 11.6 Å². The number of fused-ring (bicyclic) bond motifs is 1. The second kappa shape index (κ2) is 3.90. The van der Waals surface area contributed by atoms with Gasteiger partial charge in [0.2, 0.25) is 5.82 Å². The van der Waals surface area contributed by atoms with Crippen LogP contribution in [0.2, 0.25) is 5.02 Å². The minimum atomic E-state index is -1.07. The molecule has 0 aliphatic heterocycles. The summed E-state index contributed by atoms with van der Waals surface area (Å²) < 4.78 is 1.37. The maximum absolute atomic E-state index is 10.6. The van der Waals surface area contributed by atoms with Crippen LogP contribution in [-0.2, 0) is 11.2 Å². The Labute approximate surface area is 94.5 Å². The SMILES string of the molecule is O=Nc1c(CC(=O)O)nc2ccc(Cl)cn12. The van der Waals surface area contributed by atoms with Gasteiger partial charge in [0, 0.05) is 6.20 Å². The van der Waals surface area contributed by atoms with Gasteiger partial charge in [-0.2, -0.15) is 0 Å². The van der Waals surface area contributed by atoms with E-state index < -0.39 is 5.97 Å². The highest BCUT2D eigenvalue weighted by molar-refractivity contribution is 6.30. The Morgan fingerprint density at radius 3 is 2.94 bits per heavy atom. The van der Waals surface area contributed by atoms with E-state index in [4.69, 9.17) is 16.7 Å². The predicted octanol–water partition coefficient (Wildman–Crippen LogP) is 2.01. The first-order valence-electron chi connectivity index (χ1n) is 4.33. The summed E-state index contributed by atoms with van der Waals surface area (Å²) in [5.41, 5.74) is 0.569. The van der Waals surface area contributed by atoms with Gasteiger partial charge >= 0.3 is 5.97 Å². The van der Waals surface area contributed by atoms with Gasteiger partial charge in [0.15, 0.2) is 0 Å². The lowest BCUT2D eigenvalue weighted by Crippen LogP contribution is -2.00. The zero-order chi connectivity index (χ0) is 11.7. The van der Waals surface area contributed by atoms with Crippen LogP contribution in [0, 0.1) is 4.91 Å². The van der Waals surface area contributed by atoms with E-state index in [9.17, 15) is 9.70 Å². The number of aliphatic carboxylic acids is 1. The molecule has 0 unspecified atom stereocenters. The quantitative estimate of drug-likeness (QED) is 0.831. The van der Waals surface area contributed by atoms with Crippen molar-refractivity contribution in [1.29, 1.82) is 0 Å². The topological polar surface area (TPSA) is 84.0 Å². The van der Waals surface area contributed by atoms with E-state index in [1.165, 1.54) is 10.6 Å². The summed E-state index contributed by atoms with van der Waals surface area (Å²) >= 11 is 5.75. The molecule has 0 saturated heterocycles. The summed E-state index contributed by atoms with van der Waals surface area (Å²) in [6.07, 6.45) is 1.12. The maximum atomic E-state index is 10.6. The third-order valence-electron chi connectivity index (χ3n) is 2.03. The minimum Gasteiger partial charge on any atom is -0.481 e. The molecular weight excluding hydrogens is 234 g/mol. The van der Waals surface area contributed by atoms with Crippen molar-refractivity contribution in [2.75, 3.05) is 0 Å². The molecule has 16 heavy (non-hydrogen) atoms. The number of rotatable bonds is 3. The van der Waals surface area contributed by atoms with Gasteiger partial charge < -0.3 is 5.11 Å². The fraction of sp³-hybridized carbons (Fsp3) is 0.111. The molecule has 2 heterocycles. The number of halogens is 1. The van der Waals surface area contributed by atoms with Gasteiger partial charge in [0.25, 0.3) is 0 Å². The van der Waals surface area contributed by atoms with Crippen molar-refractivity contribution in [1.82, 2.24) is 9.38 Å². The van der Waals surface area contributed by atoms with Crippen LogP contribution in [0.5, 0.6) is 0 Å². The number of hydrogen-bond acceptors (Lipinski definition) is 4. The van der Waals surface area contributed by atoms with Crippen molar-refractivity contribution in [2.24, 2.45) is 5.18 Å². The number of aromatic nitrogens is 2. The van der Waals surface area contributed by atoms with Gasteiger partial charge in [-0.3, -0.25) is 9.20 Å². The molecule has 0 aromatic carbocycles. The summed E-state index contributed by atoms with van der Waals surface area (Å²) in [4.78, 5) is 25.2. The zero-order valence-corrected chi connectivity index (χ0v) is 8.68. The van der Waals surface area contributed by atoms with Gasteiger partial charge in [-0.1, -0.05) is 11.6 Å². The lowest BCUT2D eigenvalue weighted by atomic mass is 10.3. The van der Waals surface area contributed by atoms with Crippen molar-refractivity contribution in [3.63, 3.8) is 0 Å². The second-order valence-corrected chi connectivity index (χ2v) is 3.56. The summed E-state index contributed by atoms with van der Waals surface area (Å²) in [5.74, 6) is -1.10. The first kappa shape index (κ1) is 10.6. The Morgan fingerprint density at radius 2 is 2.31 bits per heavy atom. The molecule has 0 amide bonds. The highest BCUT2D eigenvalue weighted by Crippen LogP contribution is 2.23. The Morgan fingerprint density at radius 1 is 1.56 bits per heavy atom. The summed E-state index contributed by atoms with van der Waals surface area (Å²) in [6.45, 7) is 0. The van der Waals surface area contributed by atoms with Crippen LogP contribution < -0.4 is 0 Å². The number of nitrogens with zero attached hydrogens (tertiary/aromatic N) is 3. The molecule has 0 fully saturated rings. The van der Waals surface area contributed by atoms with Crippen LogP contribution in [0.25, 0.3) is 5.65 Å². The van der Waals surface area contributed by atoms with Crippen LogP contribution in [-0.4, -0.2) is 20.5 Å². The van der Waals surface area contributed by atoms with E-state index in [1.54, 1.807) is 12.1 Å². The molecule has 7 heteroatoms. The molecule has 0 aliphatic rings. The average molecular weight is 240 g/mol. The molecule has 0 aliphatic carbocycles. The van der Waals surface area contributed by atoms with Crippen LogP contribution in [0.4, 0.5) is 5.82 Å². The van der Waals surface area contributed by atoms with Crippen molar-refractivity contribution in [3.8, 4) is 0 Å². The van der Waals surface area contributed by atoms with Gasteiger partial charge in [0.1, 0.15) is 11.3 Å². The first-order valence-corrected chi connectivity index (χ1v) is 4.71. The number of nitroso groups, excluding NO2 is 1. The van der Waals surface area contributed by atoms with Gasteiger partial charge in [-0.25, -0.2) is 4.98 Å². The normalized spacial score (nSPS) is 10.6. The number of hydrogen-bond donors (Lipinski definition) is 1. The van der Waals surface area contributed by atoms with E-state index in [-0.39, 0.29) is 17.9 Å². The lowest BCUT2D eigenvalue weighted by Gasteiger charge is -1.94. The summed E-state index contributed by atoms with van der Waals surface area (Å²) in [7, 11) is 0. The molecule has 0 saturated carbocycles. The molecule has 0 bridgehead atoms. The van der Waals surface area contributed by atoms with E-state index in [0.717, 1.165) is 0 Å². The molecule has 0 spiro atoms. The minimum absolute atomic E-state index is 0.0279. The summed E-state index contributed by atoms with van der Waals surface area (Å²) in [5, 5.41) is 11.8. The number of pyridine rings is 1. The molecule has 2 aromatic rings. The number of carbonyl (C=O) groups is 1. The van der Waals surface area contributed by atoms with Crippen molar-refractivity contribution >= 4 is 29.0 Å². The fourth-order valence-corrected chi connectivity index (χ4v) is 1.57. The van der Waals surface area contributed by atoms with Gasteiger partial charge in [-0.05, 0) is 17.3 Å². The third-order valence-corrected chi connectivity index (χ3v) is 2.26. The standard InChI is InChI=1S/C9H6ClN3O3/c10-5-1-2-7-11-6(3-8(14)15)9(12-16)13(7)4-5/h1-2,4H,3H2,(H,14,15). The highest BCUT2D eigenvalue weighted by Gasteiger charge is 2.15. The van der Waals surface area contributed by atoms with E-state index in [1.807, 2.05) is 0 Å². The third kappa shape index (κ3) is 1.74. The van der Waals surface area contributed by atoms with Crippen LogP contribution in [0.1, 0.15) is 5.69 Å².